The average Bonchev–Trinajstić information content (AvgIpc) is 3.04. The lowest BCUT2D eigenvalue weighted by Crippen LogP contribution is -2.56. The van der Waals surface area contributed by atoms with Crippen molar-refractivity contribution >= 4 is 11.9 Å². The molecule has 0 aromatic rings. The van der Waals surface area contributed by atoms with Crippen LogP contribution in [0.25, 0.3) is 0 Å². The van der Waals surface area contributed by atoms with Crippen LogP contribution in [0.15, 0.2) is 0 Å². The van der Waals surface area contributed by atoms with E-state index in [1.54, 1.807) is 11.8 Å². The van der Waals surface area contributed by atoms with Crippen LogP contribution >= 0.6 is 0 Å². The summed E-state index contributed by atoms with van der Waals surface area (Å²) in [6.45, 7) is 5.28. The van der Waals surface area contributed by atoms with Gasteiger partial charge in [-0.3, -0.25) is 9.59 Å². The van der Waals surface area contributed by atoms with Gasteiger partial charge in [-0.05, 0) is 13.3 Å². The summed E-state index contributed by atoms with van der Waals surface area (Å²) in [5, 5.41) is 9.30. The quantitative estimate of drug-likeness (QED) is 0.722. The van der Waals surface area contributed by atoms with E-state index in [1.807, 2.05) is 6.92 Å². The Hall–Kier alpha value is -1.18. The molecule has 2 heterocycles. The van der Waals surface area contributed by atoms with Crippen molar-refractivity contribution in [2.24, 2.45) is 17.1 Å². The molecule has 4 atom stereocenters. The standard InChI is InChI=1S/C14H24N2O5/c1-3-4-16(10-6-20-5-9(10)12(17)18)13(19)14(2)8-21-7-11(14)15/h9-11H,3-8,15H2,1-2H3,(H,17,18). The minimum absolute atomic E-state index is 0.129. The highest BCUT2D eigenvalue weighted by atomic mass is 16.5. The lowest BCUT2D eigenvalue weighted by atomic mass is 9.83. The molecule has 2 saturated heterocycles. The second-order valence-electron chi connectivity index (χ2n) is 6.09. The second-order valence-corrected chi connectivity index (χ2v) is 6.09. The Morgan fingerprint density at radius 2 is 2.05 bits per heavy atom. The van der Waals surface area contributed by atoms with E-state index in [1.165, 1.54) is 0 Å². The van der Waals surface area contributed by atoms with Gasteiger partial charge in [0.2, 0.25) is 5.91 Å². The minimum Gasteiger partial charge on any atom is -0.481 e. The number of carboxylic acids is 1. The number of amides is 1. The van der Waals surface area contributed by atoms with Gasteiger partial charge in [-0.2, -0.15) is 0 Å². The number of carbonyl (C=O) groups is 2. The van der Waals surface area contributed by atoms with Gasteiger partial charge < -0.3 is 25.2 Å². The van der Waals surface area contributed by atoms with Crippen LogP contribution in [-0.2, 0) is 19.1 Å². The van der Waals surface area contributed by atoms with Crippen molar-refractivity contribution in [3.05, 3.63) is 0 Å². The van der Waals surface area contributed by atoms with Gasteiger partial charge in [0.05, 0.1) is 37.9 Å². The first-order valence-electron chi connectivity index (χ1n) is 7.36. The highest BCUT2D eigenvalue weighted by Crippen LogP contribution is 2.32. The Labute approximate surface area is 124 Å². The van der Waals surface area contributed by atoms with Crippen LogP contribution in [0.3, 0.4) is 0 Å². The maximum atomic E-state index is 12.9. The molecule has 0 radical (unpaired) electrons. The third-order valence-corrected chi connectivity index (χ3v) is 4.50. The number of hydrogen-bond acceptors (Lipinski definition) is 5. The number of carbonyl (C=O) groups excluding carboxylic acids is 1. The molecule has 4 unspecified atom stereocenters. The highest BCUT2D eigenvalue weighted by Gasteiger charge is 2.50. The molecule has 2 rings (SSSR count). The molecule has 0 aromatic carbocycles. The summed E-state index contributed by atoms with van der Waals surface area (Å²) < 4.78 is 10.6. The molecule has 120 valence electrons. The van der Waals surface area contributed by atoms with Crippen molar-refractivity contribution in [2.45, 2.75) is 32.4 Å². The summed E-state index contributed by atoms with van der Waals surface area (Å²) in [5.74, 6) is -1.73. The summed E-state index contributed by atoms with van der Waals surface area (Å²) in [5.41, 5.74) is 5.23. The van der Waals surface area contributed by atoms with Crippen LogP contribution in [0.1, 0.15) is 20.3 Å². The zero-order valence-corrected chi connectivity index (χ0v) is 12.6. The van der Waals surface area contributed by atoms with Crippen molar-refractivity contribution < 1.29 is 24.2 Å². The van der Waals surface area contributed by atoms with Crippen molar-refractivity contribution in [2.75, 3.05) is 33.0 Å². The third-order valence-electron chi connectivity index (χ3n) is 4.50. The van der Waals surface area contributed by atoms with Crippen LogP contribution in [-0.4, -0.2) is 66.9 Å². The van der Waals surface area contributed by atoms with Crippen molar-refractivity contribution in [3.8, 4) is 0 Å². The molecule has 3 N–H and O–H groups in total. The number of ether oxygens (including phenoxy) is 2. The molecule has 2 fully saturated rings. The molecule has 0 spiro atoms. The van der Waals surface area contributed by atoms with Gasteiger partial charge in [-0.1, -0.05) is 6.92 Å². The molecule has 0 aromatic heterocycles. The molecule has 2 aliphatic heterocycles. The van der Waals surface area contributed by atoms with Crippen LogP contribution in [0.5, 0.6) is 0 Å². The van der Waals surface area contributed by atoms with Gasteiger partial charge >= 0.3 is 5.97 Å². The summed E-state index contributed by atoms with van der Waals surface area (Å²) in [6, 6.07) is -0.797. The van der Waals surface area contributed by atoms with E-state index in [-0.39, 0.29) is 31.8 Å². The average molecular weight is 300 g/mol. The number of hydrogen-bond donors (Lipinski definition) is 2. The fourth-order valence-corrected chi connectivity index (χ4v) is 2.98. The minimum atomic E-state index is -0.927. The highest BCUT2D eigenvalue weighted by molar-refractivity contribution is 5.85. The molecule has 2 aliphatic rings. The summed E-state index contributed by atoms with van der Waals surface area (Å²) in [6.07, 6.45) is 0.751. The maximum absolute atomic E-state index is 12.9. The first-order valence-corrected chi connectivity index (χ1v) is 7.36. The molecule has 0 bridgehead atoms. The zero-order chi connectivity index (χ0) is 15.6. The van der Waals surface area contributed by atoms with E-state index in [0.717, 1.165) is 6.42 Å². The molecular weight excluding hydrogens is 276 g/mol. The van der Waals surface area contributed by atoms with E-state index >= 15 is 0 Å². The fraction of sp³-hybridized carbons (Fsp3) is 0.857. The van der Waals surface area contributed by atoms with E-state index in [4.69, 9.17) is 15.2 Å². The lowest BCUT2D eigenvalue weighted by molar-refractivity contribution is -0.149. The predicted molar refractivity (Wildman–Crippen MR) is 74.6 cm³/mol. The van der Waals surface area contributed by atoms with E-state index in [9.17, 15) is 14.7 Å². The van der Waals surface area contributed by atoms with Gasteiger partial charge in [0.15, 0.2) is 0 Å². The second kappa shape index (κ2) is 6.29. The van der Waals surface area contributed by atoms with Crippen LogP contribution in [0.4, 0.5) is 0 Å². The number of nitrogens with zero attached hydrogens (tertiary/aromatic N) is 1. The molecular formula is C14H24N2O5. The Balaban J connectivity index is 2.22. The van der Waals surface area contributed by atoms with Gasteiger partial charge in [0.25, 0.3) is 0 Å². The van der Waals surface area contributed by atoms with E-state index in [2.05, 4.69) is 0 Å². The van der Waals surface area contributed by atoms with Crippen molar-refractivity contribution in [3.63, 3.8) is 0 Å². The number of carboxylic acid groups (broad SMARTS) is 1. The van der Waals surface area contributed by atoms with E-state index < -0.39 is 23.3 Å². The molecule has 21 heavy (non-hydrogen) atoms. The zero-order valence-electron chi connectivity index (χ0n) is 12.6. The molecule has 7 nitrogen and oxygen atoms in total. The largest absolute Gasteiger partial charge is 0.481 e. The van der Waals surface area contributed by atoms with Crippen LogP contribution in [0, 0.1) is 11.3 Å². The van der Waals surface area contributed by atoms with Crippen LogP contribution < -0.4 is 5.73 Å². The van der Waals surface area contributed by atoms with E-state index in [0.29, 0.717) is 13.2 Å². The van der Waals surface area contributed by atoms with Crippen LogP contribution in [0.2, 0.25) is 0 Å². The predicted octanol–water partition coefficient (Wildman–Crippen LogP) is -0.312. The monoisotopic (exact) mass is 300 g/mol. The lowest BCUT2D eigenvalue weighted by Gasteiger charge is -2.37. The molecule has 1 amide bonds. The van der Waals surface area contributed by atoms with Crippen molar-refractivity contribution in [1.82, 2.24) is 4.90 Å². The van der Waals surface area contributed by atoms with Gasteiger partial charge in [-0.15, -0.1) is 0 Å². The van der Waals surface area contributed by atoms with Crippen molar-refractivity contribution in [1.29, 1.82) is 0 Å². The Kier molecular flexibility index (Phi) is 4.85. The molecule has 0 saturated carbocycles. The maximum Gasteiger partial charge on any atom is 0.311 e. The number of aliphatic carboxylic acids is 1. The van der Waals surface area contributed by atoms with Gasteiger partial charge in [0, 0.05) is 12.6 Å². The summed E-state index contributed by atoms with van der Waals surface area (Å²) in [4.78, 5) is 25.9. The smallest absolute Gasteiger partial charge is 0.311 e. The fourth-order valence-electron chi connectivity index (χ4n) is 2.98. The molecule has 7 heteroatoms. The Morgan fingerprint density at radius 3 is 2.57 bits per heavy atom. The van der Waals surface area contributed by atoms with Gasteiger partial charge in [0.1, 0.15) is 5.92 Å². The number of rotatable bonds is 5. The normalized spacial score (nSPS) is 35.9. The first kappa shape index (κ1) is 16.2. The topological polar surface area (TPSA) is 102 Å². The third kappa shape index (κ3) is 2.90. The van der Waals surface area contributed by atoms with Gasteiger partial charge in [-0.25, -0.2) is 0 Å². The first-order chi connectivity index (χ1) is 9.91. The Morgan fingerprint density at radius 1 is 1.33 bits per heavy atom. The molecule has 0 aliphatic carbocycles. The summed E-state index contributed by atoms with van der Waals surface area (Å²) in [7, 11) is 0. The number of nitrogens with two attached hydrogens (primary N) is 1. The summed E-state index contributed by atoms with van der Waals surface area (Å²) >= 11 is 0. The SMILES string of the molecule is CCCN(C(=O)C1(C)COCC1N)C1COCC1C(=O)O. The Bertz CT molecular complexity index is 416.